The molecule has 2 aliphatic rings. The Balaban J connectivity index is 1.79. The molecule has 0 aromatic carbocycles. The summed E-state index contributed by atoms with van der Waals surface area (Å²) in [5, 5.41) is 5.06. The average molecular weight is 224 g/mol. The number of hydrogen-bond donors (Lipinski definition) is 0. The standard InChI is InChI=1S/C12H16ClN2/c13-11-7-14-15(8-9-3-1-4-9)12(11)10-5-2-6-10/h9-10H,1-6,8H2. The fourth-order valence-corrected chi connectivity index (χ4v) is 2.75. The van der Waals surface area contributed by atoms with E-state index in [2.05, 4.69) is 16.0 Å². The van der Waals surface area contributed by atoms with Gasteiger partial charge in [-0.1, -0.05) is 24.4 Å². The molecule has 1 heterocycles. The Labute approximate surface area is 95.6 Å². The first-order valence-corrected chi connectivity index (χ1v) is 6.36. The molecule has 2 aliphatic carbocycles. The van der Waals surface area contributed by atoms with E-state index in [0.717, 1.165) is 17.5 Å². The minimum Gasteiger partial charge on any atom is -0.267 e. The molecule has 0 spiro atoms. The second-order valence-corrected chi connectivity index (χ2v) is 5.30. The zero-order chi connectivity index (χ0) is 10.3. The molecular weight excluding hydrogens is 208 g/mol. The Kier molecular flexibility index (Phi) is 2.47. The predicted octanol–water partition coefficient (Wildman–Crippen LogP) is 3.40. The highest BCUT2D eigenvalue weighted by Gasteiger charge is 2.28. The minimum atomic E-state index is 0.663. The molecule has 0 saturated heterocycles. The van der Waals surface area contributed by atoms with Gasteiger partial charge in [-0.15, -0.1) is 0 Å². The Morgan fingerprint density at radius 3 is 2.53 bits per heavy atom. The van der Waals surface area contributed by atoms with Crippen LogP contribution in [0.3, 0.4) is 0 Å². The van der Waals surface area contributed by atoms with Crippen molar-refractivity contribution >= 4 is 11.6 Å². The van der Waals surface area contributed by atoms with Crippen LogP contribution in [0.5, 0.6) is 0 Å². The van der Waals surface area contributed by atoms with E-state index in [1.54, 1.807) is 0 Å². The number of nitrogens with zero attached hydrogens (tertiary/aromatic N) is 2. The molecule has 15 heavy (non-hydrogen) atoms. The van der Waals surface area contributed by atoms with Crippen LogP contribution in [0.2, 0.25) is 5.02 Å². The Morgan fingerprint density at radius 2 is 2.00 bits per heavy atom. The molecule has 1 radical (unpaired) electrons. The maximum Gasteiger partial charge on any atom is 0.133 e. The molecule has 2 nitrogen and oxygen atoms in total. The zero-order valence-corrected chi connectivity index (χ0v) is 9.63. The third-order valence-corrected chi connectivity index (χ3v) is 4.20. The Morgan fingerprint density at radius 1 is 1.27 bits per heavy atom. The lowest BCUT2D eigenvalue weighted by Gasteiger charge is -2.30. The van der Waals surface area contributed by atoms with E-state index in [1.807, 2.05) is 0 Å². The van der Waals surface area contributed by atoms with Crippen LogP contribution in [-0.2, 0) is 6.54 Å². The van der Waals surface area contributed by atoms with Gasteiger partial charge in [-0.3, -0.25) is 4.68 Å². The van der Waals surface area contributed by atoms with Crippen molar-refractivity contribution in [3.63, 3.8) is 0 Å². The van der Waals surface area contributed by atoms with E-state index >= 15 is 0 Å². The van der Waals surface area contributed by atoms with Crippen LogP contribution in [-0.4, -0.2) is 9.78 Å². The van der Waals surface area contributed by atoms with Gasteiger partial charge in [0.2, 0.25) is 0 Å². The van der Waals surface area contributed by atoms with E-state index < -0.39 is 0 Å². The number of halogens is 1. The van der Waals surface area contributed by atoms with Crippen molar-refractivity contribution < 1.29 is 0 Å². The molecule has 3 heteroatoms. The summed E-state index contributed by atoms with van der Waals surface area (Å²) < 4.78 is 2.12. The van der Waals surface area contributed by atoms with E-state index in [4.69, 9.17) is 11.6 Å². The highest BCUT2D eigenvalue weighted by atomic mass is 35.5. The molecule has 0 atom stereocenters. The monoisotopic (exact) mass is 223 g/mol. The highest BCUT2D eigenvalue weighted by molar-refractivity contribution is 6.31. The molecular formula is C12H16ClN2. The molecule has 2 saturated carbocycles. The zero-order valence-electron chi connectivity index (χ0n) is 8.88. The fourth-order valence-electron chi connectivity index (χ4n) is 2.46. The van der Waals surface area contributed by atoms with E-state index in [0.29, 0.717) is 5.92 Å². The molecule has 3 rings (SSSR count). The number of hydrogen-bond acceptors (Lipinski definition) is 1. The normalized spacial score (nSPS) is 22.5. The third kappa shape index (κ3) is 1.69. The fraction of sp³-hybridized carbons (Fsp3) is 0.750. The van der Waals surface area contributed by atoms with E-state index in [1.165, 1.54) is 44.2 Å². The first-order valence-electron chi connectivity index (χ1n) is 5.98. The minimum absolute atomic E-state index is 0.663. The molecule has 0 aliphatic heterocycles. The summed E-state index contributed by atoms with van der Waals surface area (Å²) in [4.78, 5) is 0. The van der Waals surface area contributed by atoms with Gasteiger partial charge in [-0.25, -0.2) is 0 Å². The number of rotatable bonds is 3. The largest absolute Gasteiger partial charge is 0.267 e. The van der Waals surface area contributed by atoms with Gasteiger partial charge >= 0.3 is 0 Å². The van der Waals surface area contributed by atoms with Crippen molar-refractivity contribution in [1.29, 1.82) is 0 Å². The SMILES string of the molecule is Clc1[c]nn(CC2CCC2)c1C1CCC1. The van der Waals surface area contributed by atoms with Crippen LogP contribution in [0.15, 0.2) is 0 Å². The highest BCUT2D eigenvalue weighted by Crippen LogP contribution is 2.40. The maximum absolute atomic E-state index is 6.16. The topological polar surface area (TPSA) is 17.8 Å². The van der Waals surface area contributed by atoms with Gasteiger partial charge < -0.3 is 0 Å². The Hall–Kier alpha value is -0.500. The van der Waals surface area contributed by atoms with Gasteiger partial charge in [-0.05, 0) is 31.6 Å². The summed E-state index contributed by atoms with van der Waals surface area (Å²) in [6.45, 7) is 1.06. The molecule has 0 amide bonds. The van der Waals surface area contributed by atoms with Crippen LogP contribution >= 0.6 is 11.6 Å². The van der Waals surface area contributed by atoms with Gasteiger partial charge in [0.1, 0.15) is 6.20 Å². The van der Waals surface area contributed by atoms with Crippen molar-refractivity contribution in [3.8, 4) is 0 Å². The maximum atomic E-state index is 6.16. The summed E-state index contributed by atoms with van der Waals surface area (Å²) in [5.74, 6) is 1.50. The first kappa shape index (κ1) is 9.71. The van der Waals surface area contributed by atoms with Crippen molar-refractivity contribution in [2.24, 2.45) is 5.92 Å². The van der Waals surface area contributed by atoms with Crippen molar-refractivity contribution in [2.45, 2.75) is 51.0 Å². The molecule has 81 valence electrons. The van der Waals surface area contributed by atoms with E-state index in [-0.39, 0.29) is 0 Å². The van der Waals surface area contributed by atoms with Crippen molar-refractivity contribution in [1.82, 2.24) is 9.78 Å². The van der Waals surface area contributed by atoms with Gasteiger partial charge in [0, 0.05) is 12.5 Å². The molecule has 0 unspecified atom stereocenters. The predicted molar refractivity (Wildman–Crippen MR) is 60.0 cm³/mol. The third-order valence-electron chi connectivity index (χ3n) is 3.92. The lowest BCUT2D eigenvalue weighted by atomic mass is 9.82. The lowest BCUT2D eigenvalue weighted by molar-refractivity contribution is 0.256. The smallest absolute Gasteiger partial charge is 0.133 e. The molecule has 0 N–H and O–H groups in total. The first-order chi connectivity index (χ1) is 7.34. The molecule has 2 fully saturated rings. The molecule has 1 aromatic rings. The van der Waals surface area contributed by atoms with Crippen molar-refractivity contribution in [3.05, 3.63) is 16.9 Å². The van der Waals surface area contributed by atoms with E-state index in [9.17, 15) is 0 Å². The summed E-state index contributed by atoms with van der Waals surface area (Å²) in [6.07, 6.45) is 10.9. The van der Waals surface area contributed by atoms with Crippen LogP contribution in [0.1, 0.15) is 50.1 Å². The second kappa shape index (κ2) is 3.82. The number of aromatic nitrogens is 2. The van der Waals surface area contributed by atoms with Gasteiger partial charge in [0.25, 0.3) is 0 Å². The lowest BCUT2D eigenvalue weighted by Crippen LogP contribution is -2.22. The summed E-state index contributed by atoms with van der Waals surface area (Å²) in [5.41, 5.74) is 1.26. The second-order valence-electron chi connectivity index (χ2n) is 4.92. The van der Waals surface area contributed by atoms with Gasteiger partial charge in [-0.2, -0.15) is 5.10 Å². The van der Waals surface area contributed by atoms with Gasteiger partial charge in [0.15, 0.2) is 0 Å². The van der Waals surface area contributed by atoms with Crippen LogP contribution in [0.25, 0.3) is 0 Å². The summed E-state index contributed by atoms with van der Waals surface area (Å²) in [6, 6.07) is 0. The summed E-state index contributed by atoms with van der Waals surface area (Å²) in [7, 11) is 0. The molecule has 0 bridgehead atoms. The van der Waals surface area contributed by atoms with Crippen LogP contribution < -0.4 is 0 Å². The van der Waals surface area contributed by atoms with Gasteiger partial charge in [0.05, 0.1) is 10.7 Å². The van der Waals surface area contributed by atoms with Crippen molar-refractivity contribution in [2.75, 3.05) is 0 Å². The van der Waals surface area contributed by atoms with Crippen LogP contribution in [0, 0.1) is 12.1 Å². The van der Waals surface area contributed by atoms with Crippen LogP contribution in [0.4, 0.5) is 0 Å². The average Bonchev–Trinajstić information content (AvgIpc) is 2.40. The Bertz CT molecular complexity index is 351. The quantitative estimate of drug-likeness (QED) is 0.768. The molecule has 1 aromatic heterocycles. The summed E-state index contributed by atoms with van der Waals surface area (Å²) >= 11 is 6.16.